The molecular weight excluding hydrogens is 669 g/mol. The fraction of sp³-hybridized carbons (Fsp3) is 0.297. The van der Waals surface area contributed by atoms with Gasteiger partial charge in [0.2, 0.25) is 11.8 Å². The van der Waals surface area contributed by atoms with E-state index in [1.165, 1.54) is 24.1 Å². The first-order valence-electron chi connectivity index (χ1n) is 15.9. The maximum Gasteiger partial charge on any atom is 0.264 e. The quantitative estimate of drug-likeness (QED) is 0.159. The summed E-state index contributed by atoms with van der Waals surface area (Å²) in [5, 5.41) is 3.82. The van der Waals surface area contributed by atoms with Crippen LogP contribution in [0.4, 0.5) is 5.69 Å². The highest BCUT2D eigenvalue weighted by Gasteiger charge is 2.36. The van der Waals surface area contributed by atoms with Gasteiger partial charge in [0.15, 0.2) is 0 Å². The van der Waals surface area contributed by atoms with Crippen LogP contribution < -0.4 is 14.4 Å². The molecule has 0 spiro atoms. The molecule has 1 saturated carbocycles. The molecule has 1 aliphatic rings. The molecule has 0 radical (unpaired) electrons. The third-order valence-corrected chi connectivity index (χ3v) is 11.1. The number of hydrogen-bond acceptors (Lipinski definition) is 5. The van der Waals surface area contributed by atoms with E-state index in [1.54, 1.807) is 54.6 Å². The third-order valence-electron chi connectivity index (χ3n) is 8.59. The van der Waals surface area contributed by atoms with E-state index in [2.05, 4.69) is 5.32 Å². The van der Waals surface area contributed by atoms with E-state index in [0.29, 0.717) is 21.4 Å². The van der Waals surface area contributed by atoms with Gasteiger partial charge in [-0.3, -0.25) is 13.9 Å². The highest BCUT2D eigenvalue weighted by molar-refractivity contribution is 7.92. The van der Waals surface area contributed by atoms with Crippen molar-refractivity contribution in [1.82, 2.24) is 10.2 Å². The highest BCUT2D eigenvalue weighted by Crippen LogP contribution is 2.30. The molecule has 11 heteroatoms. The minimum Gasteiger partial charge on any atom is -0.497 e. The highest BCUT2D eigenvalue weighted by atomic mass is 35.5. The molecule has 48 heavy (non-hydrogen) atoms. The molecule has 0 aromatic heterocycles. The predicted octanol–water partition coefficient (Wildman–Crippen LogP) is 7.20. The first-order chi connectivity index (χ1) is 23.1. The van der Waals surface area contributed by atoms with Crippen molar-refractivity contribution in [3.05, 3.63) is 124 Å². The van der Waals surface area contributed by atoms with Crippen molar-refractivity contribution in [3.8, 4) is 5.75 Å². The number of sulfonamides is 1. The van der Waals surface area contributed by atoms with Gasteiger partial charge in [0.1, 0.15) is 18.3 Å². The van der Waals surface area contributed by atoms with Crippen LogP contribution in [0.2, 0.25) is 10.0 Å². The van der Waals surface area contributed by atoms with Crippen molar-refractivity contribution < 1.29 is 22.7 Å². The lowest BCUT2D eigenvalue weighted by molar-refractivity contribution is -0.140. The number of rotatable bonds is 13. The number of amides is 2. The van der Waals surface area contributed by atoms with E-state index >= 15 is 0 Å². The van der Waals surface area contributed by atoms with Gasteiger partial charge in [0.05, 0.1) is 17.7 Å². The Bertz CT molecular complexity index is 1810. The molecule has 8 nitrogen and oxygen atoms in total. The summed E-state index contributed by atoms with van der Waals surface area (Å²) >= 11 is 13.2. The zero-order valence-electron chi connectivity index (χ0n) is 26.9. The van der Waals surface area contributed by atoms with Crippen molar-refractivity contribution in [2.75, 3.05) is 18.0 Å². The second-order valence-electron chi connectivity index (χ2n) is 11.9. The van der Waals surface area contributed by atoms with E-state index in [9.17, 15) is 18.0 Å². The summed E-state index contributed by atoms with van der Waals surface area (Å²) in [4.78, 5) is 30.3. The van der Waals surface area contributed by atoms with Crippen LogP contribution in [0, 0.1) is 6.92 Å². The van der Waals surface area contributed by atoms with Crippen LogP contribution in [0.15, 0.2) is 102 Å². The van der Waals surface area contributed by atoms with Crippen LogP contribution in [-0.4, -0.2) is 50.9 Å². The number of nitrogens with zero attached hydrogens (tertiary/aromatic N) is 2. The van der Waals surface area contributed by atoms with E-state index in [1.807, 2.05) is 37.3 Å². The van der Waals surface area contributed by atoms with E-state index in [-0.39, 0.29) is 35.5 Å². The summed E-state index contributed by atoms with van der Waals surface area (Å²) in [6.07, 6.45) is 3.92. The minimum atomic E-state index is -4.26. The molecule has 4 aromatic rings. The maximum atomic E-state index is 14.7. The van der Waals surface area contributed by atoms with Crippen LogP contribution in [0.3, 0.4) is 0 Å². The summed E-state index contributed by atoms with van der Waals surface area (Å²) in [6.45, 7) is 1.14. The van der Waals surface area contributed by atoms with Crippen LogP contribution >= 0.6 is 23.2 Å². The number of methoxy groups -OCH3 is 1. The van der Waals surface area contributed by atoms with Crippen LogP contribution in [0.25, 0.3) is 0 Å². The lowest BCUT2D eigenvalue weighted by atomic mass is 10.0. The van der Waals surface area contributed by atoms with Crippen molar-refractivity contribution in [1.29, 1.82) is 0 Å². The number of carbonyl (C=O) groups is 2. The van der Waals surface area contributed by atoms with E-state index in [4.69, 9.17) is 27.9 Å². The van der Waals surface area contributed by atoms with Gasteiger partial charge in [0, 0.05) is 40.7 Å². The normalized spacial score (nSPS) is 13.9. The lowest BCUT2D eigenvalue weighted by Crippen LogP contribution is -2.54. The van der Waals surface area contributed by atoms with Gasteiger partial charge in [-0.25, -0.2) is 8.42 Å². The summed E-state index contributed by atoms with van der Waals surface area (Å²) < 4.78 is 35.0. The standard InChI is InChI=1S/C37H39Cl2N3O5S/c1-26-18-20-31(21-19-26)48(45,46)42(29-14-8-15-30(23-29)47-2)25-36(43)41(24-32-33(38)16-9-17-34(32)39)35(22-27-10-4-3-5-11-27)37(44)40-28-12-6-7-13-28/h3-5,8-11,14-21,23,28,35H,6-7,12-13,22,24-25H2,1-2H3,(H,40,44). The SMILES string of the molecule is COc1cccc(N(CC(=O)N(Cc2c(Cl)cccc2Cl)C(Cc2ccccc2)C(=O)NC2CCCC2)S(=O)(=O)c2ccc(C)cc2)c1. The molecule has 4 aromatic carbocycles. The van der Waals surface area contributed by atoms with Gasteiger partial charge in [0.25, 0.3) is 10.0 Å². The number of aryl methyl sites for hydroxylation is 1. The van der Waals surface area contributed by atoms with Crippen LogP contribution in [0.1, 0.15) is 42.4 Å². The molecule has 5 rings (SSSR count). The van der Waals surface area contributed by atoms with Gasteiger partial charge in [-0.15, -0.1) is 0 Å². The Kier molecular flexibility index (Phi) is 11.7. The van der Waals surface area contributed by atoms with Gasteiger partial charge < -0.3 is 15.0 Å². The molecule has 252 valence electrons. The van der Waals surface area contributed by atoms with Crippen molar-refractivity contribution in [2.24, 2.45) is 0 Å². The van der Waals surface area contributed by atoms with Crippen LogP contribution in [0.5, 0.6) is 5.75 Å². The number of anilines is 1. The Morgan fingerprint density at radius 2 is 1.54 bits per heavy atom. The van der Waals surface area contributed by atoms with E-state index in [0.717, 1.165) is 41.1 Å². The number of carbonyl (C=O) groups excluding carboxylic acids is 2. The molecule has 1 N–H and O–H groups in total. The minimum absolute atomic E-state index is 0.00757. The lowest BCUT2D eigenvalue weighted by Gasteiger charge is -2.34. The second-order valence-corrected chi connectivity index (χ2v) is 14.6. The van der Waals surface area contributed by atoms with Gasteiger partial charge >= 0.3 is 0 Å². The second kappa shape index (κ2) is 15.9. The largest absolute Gasteiger partial charge is 0.497 e. The van der Waals surface area contributed by atoms with Crippen molar-refractivity contribution >= 4 is 50.7 Å². The smallest absolute Gasteiger partial charge is 0.264 e. The number of hydrogen-bond donors (Lipinski definition) is 1. The van der Waals surface area contributed by atoms with Gasteiger partial charge in [-0.2, -0.15) is 0 Å². The Morgan fingerprint density at radius 3 is 2.19 bits per heavy atom. The Balaban J connectivity index is 1.60. The number of nitrogens with one attached hydrogen (secondary N) is 1. The average molecular weight is 709 g/mol. The molecule has 2 amide bonds. The Hall–Kier alpha value is -4.05. The third kappa shape index (κ3) is 8.50. The number of halogens is 2. The van der Waals surface area contributed by atoms with Gasteiger partial charge in [-0.05, 0) is 61.7 Å². The average Bonchev–Trinajstić information content (AvgIpc) is 3.60. The molecule has 0 aliphatic heterocycles. The first-order valence-corrected chi connectivity index (χ1v) is 18.1. The Labute approximate surface area is 292 Å². The first kappa shape index (κ1) is 35.3. The van der Waals surface area contributed by atoms with Crippen molar-refractivity contribution in [2.45, 2.75) is 62.6 Å². The molecule has 1 fully saturated rings. The fourth-order valence-electron chi connectivity index (χ4n) is 5.91. The molecule has 0 heterocycles. The summed E-state index contributed by atoms with van der Waals surface area (Å²) in [5.74, 6) is -0.509. The number of ether oxygens (including phenoxy) is 1. The van der Waals surface area contributed by atoms with Crippen molar-refractivity contribution in [3.63, 3.8) is 0 Å². The van der Waals surface area contributed by atoms with Crippen LogP contribution in [-0.2, 0) is 32.6 Å². The molecular formula is C37H39Cl2N3O5S. The molecule has 1 atom stereocenters. The topological polar surface area (TPSA) is 96.0 Å². The van der Waals surface area contributed by atoms with Gasteiger partial charge in [-0.1, -0.05) is 96.2 Å². The molecule has 1 aliphatic carbocycles. The zero-order chi connectivity index (χ0) is 34.3. The fourth-order valence-corrected chi connectivity index (χ4v) is 7.83. The summed E-state index contributed by atoms with van der Waals surface area (Å²) in [6, 6.07) is 26.4. The number of benzene rings is 4. The monoisotopic (exact) mass is 707 g/mol. The van der Waals surface area contributed by atoms with E-state index < -0.39 is 28.5 Å². The molecule has 1 unspecified atom stereocenters. The molecule has 0 saturated heterocycles. The zero-order valence-corrected chi connectivity index (χ0v) is 29.3. The summed E-state index contributed by atoms with van der Waals surface area (Å²) in [5.41, 5.74) is 2.41. The predicted molar refractivity (Wildman–Crippen MR) is 190 cm³/mol. The maximum absolute atomic E-state index is 14.7. The summed E-state index contributed by atoms with van der Waals surface area (Å²) in [7, 11) is -2.78. The Morgan fingerprint density at radius 1 is 0.896 bits per heavy atom. The molecule has 0 bridgehead atoms.